The molecule has 0 aromatic heterocycles. The highest BCUT2D eigenvalue weighted by atomic mass is 16.6. The van der Waals surface area contributed by atoms with Crippen LogP contribution < -0.4 is 11.1 Å². The van der Waals surface area contributed by atoms with Crippen LogP contribution in [0.1, 0.15) is 17.3 Å². The van der Waals surface area contributed by atoms with Crippen LogP contribution in [0.4, 0.5) is 11.4 Å². The fraction of sp³-hybridized carbons (Fsp3) is 0.500. The van der Waals surface area contributed by atoms with Crippen molar-refractivity contribution in [1.82, 2.24) is 0 Å². The Morgan fingerprint density at radius 2 is 2.25 bits per heavy atom. The number of esters is 1. The van der Waals surface area contributed by atoms with E-state index in [9.17, 15) is 4.79 Å². The summed E-state index contributed by atoms with van der Waals surface area (Å²) in [6.45, 7) is 3.00. The van der Waals surface area contributed by atoms with E-state index >= 15 is 0 Å². The number of carbonyl (C=O) groups excluding carboxylic acids is 1. The van der Waals surface area contributed by atoms with E-state index in [2.05, 4.69) is 5.32 Å². The molecule has 20 heavy (non-hydrogen) atoms. The van der Waals surface area contributed by atoms with Crippen LogP contribution in [0.25, 0.3) is 0 Å². The van der Waals surface area contributed by atoms with E-state index in [4.69, 9.17) is 19.9 Å². The Kier molecular flexibility index (Phi) is 4.15. The lowest BCUT2D eigenvalue weighted by molar-refractivity contribution is -0.00617. The molecule has 1 saturated heterocycles. The Bertz CT molecular complexity index is 506. The average molecular weight is 280 g/mol. The summed E-state index contributed by atoms with van der Waals surface area (Å²) in [6.07, 6.45) is 0. The van der Waals surface area contributed by atoms with Gasteiger partial charge in [0.05, 0.1) is 43.3 Å². The lowest BCUT2D eigenvalue weighted by Crippen LogP contribution is -2.45. The average Bonchev–Trinajstić information content (AvgIpc) is 2.82. The third kappa shape index (κ3) is 2.71. The van der Waals surface area contributed by atoms with Crippen molar-refractivity contribution < 1.29 is 19.0 Å². The monoisotopic (exact) mass is 280 g/mol. The molecular weight excluding hydrogens is 260 g/mol. The van der Waals surface area contributed by atoms with Crippen LogP contribution in [0.2, 0.25) is 0 Å². The SMILES string of the molecule is COC(=O)c1ccc(N)c(NC2COCC2(C)OC)c1. The third-order valence-electron chi connectivity index (χ3n) is 3.68. The molecule has 0 bridgehead atoms. The molecule has 2 atom stereocenters. The molecule has 0 spiro atoms. The van der Waals surface area contributed by atoms with Gasteiger partial charge in [0, 0.05) is 7.11 Å². The van der Waals surface area contributed by atoms with Gasteiger partial charge in [-0.05, 0) is 25.1 Å². The molecule has 6 nitrogen and oxygen atoms in total. The molecule has 0 saturated carbocycles. The number of benzene rings is 1. The number of carbonyl (C=O) groups is 1. The number of rotatable bonds is 4. The summed E-state index contributed by atoms with van der Waals surface area (Å²) >= 11 is 0. The van der Waals surface area contributed by atoms with Crippen molar-refractivity contribution in [2.75, 3.05) is 38.5 Å². The Labute approximate surface area is 118 Å². The van der Waals surface area contributed by atoms with Crippen LogP contribution in [-0.2, 0) is 14.2 Å². The molecule has 1 fully saturated rings. The molecule has 1 heterocycles. The summed E-state index contributed by atoms with van der Waals surface area (Å²) in [4.78, 5) is 11.6. The Balaban J connectivity index is 2.22. The Morgan fingerprint density at radius 1 is 1.50 bits per heavy atom. The minimum absolute atomic E-state index is 0.0392. The zero-order chi connectivity index (χ0) is 14.8. The first kappa shape index (κ1) is 14.6. The second-order valence-electron chi connectivity index (χ2n) is 5.02. The molecule has 2 rings (SSSR count). The van der Waals surface area contributed by atoms with Gasteiger partial charge in [0.15, 0.2) is 0 Å². The van der Waals surface area contributed by atoms with Crippen molar-refractivity contribution in [3.05, 3.63) is 23.8 Å². The lowest BCUT2D eigenvalue weighted by atomic mass is 9.99. The third-order valence-corrected chi connectivity index (χ3v) is 3.68. The first-order chi connectivity index (χ1) is 9.50. The van der Waals surface area contributed by atoms with Gasteiger partial charge >= 0.3 is 5.97 Å². The topological polar surface area (TPSA) is 82.8 Å². The fourth-order valence-corrected chi connectivity index (χ4v) is 2.17. The molecular formula is C14H20N2O4. The van der Waals surface area contributed by atoms with Gasteiger partial charge in [0.2, 0.25) is 0 Å². The molecule has 1 aliphatic rings. The van der Waals surface area contributed by atoms with Crippen molar-refractivity contribution in [3.8, 4) is 0 Å². The highest BCUT2D eigenvalue weighted by molar-refractivity contribution is 5.92. The second-order valence-corrected chi connectivity index (χ2v) is 5.02. The highest BCUT2D eigenvalue weighted by Crippen LogP contribution is 2.28. The maximum atomic E-state index is 11.6. The predicted molar refractivity (Wildman–Crippen MR) is 75.8 cm³/mol. The maximum absolute atomic E-state index is 11.6. The highest BCUT2D eigenvalue weighted by Gasteiger charge is 2.40. The van der Waals surface area contributed by atoms with Gasteiger partial charge in [0.1, 0.15) is 5.60 Å². The predicted octanol–water partition coefficient (Wildman–Crippen LogP) is 1.27. The van der Waals surface area contributed by atoms with E-state index in [0.717, 1.165) is 0 Å². The van der Waals surface area contributed by atoms with Gasteiger partial charge in [-0.2, -0.15) is 0 Å². The van der Waals surface area contributed by atoms with Crippen molar-refractivity contribution in [2.45, 2.75) is 18.6 Å². The molecule has 1 aliphatic heterocycles. The van der Waals surface area contributed by atoms with E-state index in [-0.39, 0.29) is 6.04 Å². The molecule has 2 unspecified atom stereocenters. The number of hydrogen-bond donors (Lipinski definition) is 2. The summed E-state index contributed by atoms with van der Waals surface area (Å²) < 4.78 is 15.7. The minimum atomic E-state index is -0.423. The van der Waals surface area contributed by atoms with Gasteiger partial charge in [-0.25, -0.2) is 4.79 Å². The largest absolute Gasteiger partial charge is 0.465 e. The second kappa shape index (κ2) is 5.68. The normalized spacial score (nSPS) is 25.4. The number of methoxy groups -OCH3 is 2. The number of nitrogens with two attached hydrogens (primary N) is 1. The quantitative estimate of drug-likeness (QED) is 0.638. The van der Waals surface area contributed by atoms with Crippen molar-refractivity contribution in [3.63, 3.8) is 0 Å². The maximum Gasteiger partial charge on any atom is 0.337 e. The molecule has 0 aliphatic carbocycles. The van der Waals surface area contributed by atoms with Crippen LogP contribution in [0.3, 0.4) is 0 Å². The number of ether oxygens (including phenoxy) is 3. The molecule has 110 valence electrons. The number of hydrogen-bond acceptors (Lipinski definition) is 6. The van der Waals surface area contributed by atoms with Crippen molar-refractivity contribution in [2.24, 2.45) is 0 Å². The molecule has 6 heteroatoms. The first-order valence-corrected chi connectivity index (χ1v) is 6.37. The first-order valence-electron chi connectivity index (χ1n) is 6.37. The summed E-state index contributed by atoms with van der Waals surface area (Å²) in [7, 11) is 3.00. The van der Waals surface area contributed by atoms with Crippen LogP contribution in [0.15, 0.2) is 18.2 Å². The molecule has 0 radical (unpaired) electrons. The number of anilines is 2. The van der Waals surface area contributed by atoms with Gasteiger partial charge in [-0.1, -0.05) is 0 Å². The standard InChI is InChI=1S/C14H20N2O4/c1-14(19-3)8-20-7-12(14)16-11-6-9(13(17)18-2)4-5-10(11)15/h4-6,12,16H,7-8,15H2,1-3H3. The molecule has 0 amide bonds. The number of nitrogens with one attached hydrogen (secondary N) is 1. The van der Waals surface area contributed by atoms with Crippen molar-refractivity contribution >= 4 is 17.3 Å². The Hall–Kier alpha value is -1.79. The van der Waals surface area contributed by atoms with Crippen LogP contribution in [0.5, 0.6) is 0 Å². The molecule has 1 aromatic rings. The molecule has 1 aromatic carbocycles. The van der Waals surface area contributed by atoms with E-state index in [1.165, 1.54) is 7.11 Å². The number of nitrogen functional groups attached to an aromatic ring is 1. The van der Waals surface area contributed by atoms with Gasteiger partial charge in [-0.15, -0.1) is 0 Å². The Morgan fingerprint density at radius 3 is 2.90 bits per heavy atom. The van der Waals surface area contributed by atoms with Crippen molar-refractivity contribution in [1.29, 1.82) is 0 Å². The molecule has 3 N–H and O–H groups in total. The van der Waals surface area contributed by atoms with Gasteiger partial charge in [-0.3, -0.25) is 0 Å². The summed E-state index contributed by atoms with van der Waals surface area (Å²) in [5.74, 6) is -0.398. The summed E-state index contributed by atoms with van der Waals surface area (Å²) in [6, 6.07) is 4.94. The van der Waals surface area contributed by atoms with E-state index in [0.29, 0.717) is 30.2 Å². The van der Waals surface area contributed by atoms with Gasteiger partial charge < -0.3 is 25.3 Å². The van der Waals surface area contributed by atoms with E-state index in [1.807, 2.05) is 6.92 Å². The zero-order valence-electron chi connectivity index (χ0n) is 11.9. The fourth-order valence-electron chi connectivity index (χ4n) is 2.17. The summed E-state index contributed by atoms with van der Waals surface area (Å²) in [5.41, 5.74) is 7.20. The van der Waals surface area contributed by atoms with E-state index in [1.54, 1.807) is 25.3 Å². The van der Waals surface area contributed by atoms with E-state index < -0.39 is 11.6 Å². The summed E-state index contributed by atoms with van der Waals surface area (Å²) in [5, 5.41) is 3.29. The van der Waals surface area contributed by atoms with Crippen LogP contribution >= 0.6 is 0 Å². The van der Waals surface area contributed by atoms with Gasteiger partial charge in [0.25, 0.3) is 0 Å². The minimum Gasteiger partial charge on any atom is -0.465 e. The van der Waals surface area contributed by atoms with Crippen LogP contribution in [0, 0.1) is 0 Å². The zero-order valence-corrected chi connectivity index (χ0v) is 11.9. The smallest absolute Gasteiger partial charge is 0.337 e. The van der Waals surface area contributed by atoms with Crippen LogP contribution in [-0.4, -0.2) is 45.0 Å². The lowest BCUT2D eigenvalue weighted by Gasteiger charge is -2.29.